The topological polar surface area (TPSA) is 59.6 Å². The Kier molecular flexibility index (Phi) is 6.92. The van der Waals surface area contributed by atoms with Crippen molar-refractivity contribution in [3.05, 3.63) is 24.3 Å². The predicted molar refractivity (Wildman–Crippen MR) is 76.2 cm³/mol. The minimum Gasteiger partial charge on any atom is -0.406 e. The molecule has 1 aromatic carbocycles. The Morgan fingerprint density at radius 3 is 2.59 bits per heavy atom. The van der Waals surface area contributed by atoms with Gasteiger partial charge in [0.15, 0.2) is 0 Å². The summed E-state index contributed by atoms with van der Waals surface area (Å²) in [5, 5.41) is 5.70. The van der Waals surface area contributed by atoms with Gasteiger partial charge in [0, 0.05) is 18.8 Å². The number of alkyl halides is 3. The number of halogens is 4. The molecule has 2 rings (SSSR count). The number of ether oxygens (including phenoxy) is 2. The first-order chi connectivity index (χ1) is 9.92. The summed E-state index contributed by atoms with van der Waals surface area (Å²) >= 11 is 0. The Balaban J connectivity index is 0.00000242. The molecule has 22 heavy (non-hydrogen) atoms. The quantitative estimate of drug-likeness (QED) is 0.883. The zero-order valence-electron chi connectivity index (χ0n) is 11.5. The van der Waals surface area contributed by atoms with E-state index in [0.717, 1.165) is 18.7 Å². The lowest BCUT2D eigenvalue weighted by atomic mass is 10.2. The van der Waals surface area contributed by atoms with Crippen molar-refractivity contribution in [2.45, 2.75) is 18.9 Å². The summed E-state index contributed by atoms with van der Waals surface area (Å²) < 4.78 is 45.1. The molecule has 0 saturated carbocycles. The molecule has 1 fully saturated rings. The molecular weight excluding hydrogens is 325 g/mol. The molecule has 0 aliphatic carbocycles. The molecule has 1 atom stereocenters. The molecule has 1 aliphatic rings. The van der Waals surface area contributed by atoms with Gasteiger partial charge < -0.3 is 20.1 Å². The average molecular weight is 341 g/mol. The van der Waals surface area contributed by atoms with E-state index in [2.05, 4.69) is 15.4 Å². The van der Waals surface area contributed by atoms with Crippen LogP contribution in [0.3, 0.4) is 0 Å². The second-order valence-electron chi connectivity index (χ2n) is 4.52. The Hall–Kier alpha value is -1.51. The third-order valence-corrected chi connectivity index (χ3v) is 2.79. The molecular formula is C13H16ClF3N2O3. The van der Waals surface area contributed by atoms with Crippen LogP contribution in [0.4, 0.5) is 18.9 Å². The smallest absolute Gasteiger partial charge is 0.406 e. The fourth-order valence-electron chi connectivity index (χ4n) is 1.91. The van der Waals surface area contributed by atoms with Crippen LogP contribution in [-0.4, -0.2) is 38.1 Å². The van der Waals surface area contributed by atoms with Crippen molar-refractivity contribution >= 4 is 24.0 Å². The highest BCUT2D eigenvalue weighted by Gasteiger charge is 2.31. The highest BCUT2D eigenvalue weighted by Crippen LogP contribution is 2.24. The summed E-state index contributed by atoms with van der Waals surface area (Å²) in [5.41, 5.74) is 0.401. The zero-order chi connectivity index (χ0) is 15.3. The van der Waals surface area contributed by atoms with Crippen LogP contribution in [0.15, 0.2) is 24.3 Å². The van der Waals surface area contributed by atoms with Crippen molar-refractivity contribution < 1.29 is 27.4 Å². The maximum absolute atomic E-state index is 12.0. The average Bonchev–Trinajstić information content (AvgIpc) is 2.40. The number of amides is 1. The molecule has 0 aromatic heterocycles. The minimum atomic E-state index is -4.73. The molecule has 9 heteroatoms. The number of hydrogen-bond acceptors (Lipinski definition) is 4. The summed E-state index contributed by atoms with van der Waals surface area (Å²) in [5.74, 6) is -0.589. The monoisotopic (exact) mass is 340 g/mol. The van der Waals surface area contributed by atoms with Gasteiger partial charge >= 0.3 is 6.36 Å². The SMILES string of the molecule is Cl.O=C(CC1CNCCO1)Nc1ccc(OC(F)(F)F)cc1. The number of nitrogens with one attached hydrogen (secondary N) is 2. The van der Waals surface area contributed by atoms with Crippen LogP contribution in [-0.2, 0) is 9.53 Å². The second kappa shape index (κ2) is 8.21. The van der Waals surface area contributed by atoms with Crippen LogP contribution >= 0.6 is 12.4 Å². The highest BCUT2D eigenvalue weighted by molar-refractivity contribution is 5.91. The van der Waals surface area contributed by atoms with Crippen molar-refractivity contribution in [1.29, 1.82) is 0 Å². The van der Waals surface area contributed by atoms with Crippen LogP contribution in [0, 0.1) is 0 Å². The molecule has 1 amide bonds. The van der Waals surface area contributed by atoms with E-state index in [4.69, 9.17) is 4.74 Å². The maximum Gasteiger partial charge on any atom is 0.573 e. The molecule has 0 spiro atoms. The van der Waals surface area contributed by atoms with Crippen LogP contribution in [0.25, 0.3) is 0 Å². The Morgan fingerprint density at radius 1 is 1.36 bits per heavy atom. The Morgan fingerprint density at radius 2 is 2.05 bits per heavy atom. The van der Waals surface area contributed by atoms with E-state index in [-0.39, 0.29) is 36.6 Å². The van der Waals surface area contributed by atoms with E-state index in [9.17, 15) is 18.0 Å². The number of benzene rings is 1. The van der Waals surface area contributed by atoms with E-state index in [1.54, 1.807) is 0 Å². The summed E-state index contributed by atoms with van der Waals surface area (Å²) in [4.78, 5) is 11.8. The van der Waals surface area contributed by atoms with Gasteiger partial charge in [0.1, 0.15) is 5.75 Å². The zero-order valence-corrected chi connectivity index (χ0v) is 12.3. The molecule has 0 radical (unpaired) electrons. The van der Waals surface area contributed by atoms with E-state index >= 15 is 0 Å². The van der Waals surface area contributed by atoms with Crippen molar-refractivity contribution in [3.8, 4) is 5.75 Å². The second-order valence-corrected chi connectivity index (χ2v) is 4.52. The molecule has 1 aliphatic heterocycles. The number of carbonyl (C=O) groups excluding carboxylic acids is 1. The Labute approximate surface area is 131 Å². The van der Waals surface area contributed by atoms with Crippen molar-refractivity contribution in [2.75, 3.05) is 25.0 Å². The van der Waals surface area contributed by atoms with Gasteiger partial charge in [0.2, 0.25) is 5.91 Å². The van der Waals surface area contributed by atoms with Gasteiger partial charge in [-0.15, -0.1) is 25.6 Å². The normalized spacial score (nSPS) is 18.2. The van der Waals surface area contributed by atoms with Crippen LogP contribution < -0.4 is 15.4 Å². The lowest BCUT2D eigenvalue weighted by Crippen LogP contribution is -2.40. The van der Waals surface area contributed by atoms with Crippen molar-refractivity contribution in [2.24, 2.45) is 0 Å². The lowest BCUT2D eigenvalue weighted by Gasteiger charge is -2.23. The first kappa shape index (κ1) is 18.5. The third-order valence-electron chi connectivity index (χ3n) is 2.79. The molecule has 0 bridgehead atoms. The Bertz CT molecular complexity index is 476. The van der Waals surface area contributed by atoms with Crippen molar-refractivity contribution in [3.63, 3.8) is 0 Å². The fraction of sp³-hybridized carbons (Fsp3) is 0.462. The van der Waals surface area contributed by atoms with Gasteiger partial charge in [-0.2, -0.15) is 0 Å². The van der Waals surface area contributed by atoms with Gasteiger partial charge in [0.25, 0.3) is 0 Å². The highest BCUT2D eigenvalue weighted by atomic mass is 35.5. The number of rotatable bonds is 4. The van der Waals surface area contributed by atoms with Crippen molar-refractivity contribution in [1.82, 2.24) is 5.32 Å². The summed E-state index contributed by atoms with van der Waals surface area (Å²) in [6.07, 6.45) is -4.73. The number of morpholine rings is 1. The summed E-state index contributed by atoms with van der Waals surface area (Å²) in [7, 11) is 0. The van der Waals surface area contributed by atoms with E-state index in [1.807, 2.05) is 0 Å². The third kappa shape index (κ3) is 6.50. The van der Waals surface area contributed by atoms with Gasteiger partial charge in [-0.3, -0.25) is 4.79 Å². The van der Waals surface area contributed by atoms with Gasteiger partial charge in [0.05, 0.1) is 19.1 Å². The standard InChI is InChI=1S/C13H15F3N2O3.ClH/c14-13(15,16)21-10-3-1-9(2-4-10)18-12(19)7-11-8-17-5-6-20-11;/h1-4,11,17H,5-8H2,(H,18,19);1H. The summed E-state index contributed by atoms with van der Waals surface area (Å²) in [6, 6.07) is 4.97. The van der Waals surface area contributed by atoms with Crippen LogP contribution in [0.5, 0.6) is 5.75 Å². The first-order valence-electron chi connectivity index (χ1n) is 6.40. The van der Waals surface area contributed by atoms with E-state index in [1.165, 1.54) is 12.1 Å². The molecule has 2 N–H and O–H groups in total. The number of hydrogen-bond donors (Lipinski definition) is 2. The summed E-state index contributed by atoms with van der Waals surface area (Å²) in [6.45, 7) is 1.92. The molecule has 5 nitrogen and oxygen atoms in total. The fourth-order valence-corrected chi connectivity index (χ4v) is 1.91. The van der Waals surface area contributed by atoms with Crippen LogP contribution in [0.1, 0.15) is 6.42 Å². The van der Waals surface area contributed by atoms with Gasteiger partial charge in [-0.25, -0.2) is 0 Å². The number of carbonyl (C=O) groups is 1. The van der Waals surface area contributed by atoms with E-state index in [0.29, 0.717) is 18.8 Å². The number of anilines is 1. The molecule has 1 aromatic rings. The molecule has 1 saturated heterocycles. The molecule has 1 heterocycles. The maximum atomic E-state index is 12.0. The van der Waals surface area contributed by atoms with Gasteiger partial charge in [-0.1, -0.05) is 0 Å². The first-order valence-corrected chi connectivity index (χ1v) is 6.40. The van der Waals surface area contributed by atoms with Gasteiger partial charge in [-0.05, 0) is 24.3 Å². The minimum absolute atomic E-state index is 0. The molecule has 124 valence electrons. The predicted octanol–water partition coefficient (Wildman–Crippen LogP) is 2.32. The lowest BCUT2D eigenvalue weighted by molar-refractivity contribution is -0.274. The largest absolute Gasteiger partial charge is 0.573 e. The van der Waals surface area contributed by atoms with Crippen LogP contribution in [0.2, 0.25) is 0 Å². The van der Waals surface area contributed by atoms with E-state index < -0.39 is 6.36 Å². The molecule has 1 unspecified atom stereocenters.